The van der Waals surface area contributed by atoms with E-state index in [-0.39, 0.29) is 18.1 Å². The summed E-state index contributed by atoms with van der Waals surface area (Å²) >= 11 is 0. The number of nitrogens with one attached hydrogen (secondary N) is 1. The minimum atomic E-state index is -0.226. The van der Waals surface area contributed by atoms with Crippen LogP contribution in [0.1, 0.15) is 11.1 Å². The lowest BCUT2D eigenvalue weighted by atomic mass is 10.1. The fourth-order valence-corrected chi connectivity index (χ4v) is 2.08. The highest BCUT2D eigenvalue weighted by molar-refractivity contribution is 5.77. The summed E-state index contributed by atoms with van der Waals surface area (Å²) in [5, 5.41) is 2.71. The molecular formula is C16H19N3O3. The second kappa shape index (κ2) is 7.40. The molecule has 0 atom stereocenters. The van der Waals surface area contributed by atoms with Gasteiger partial charge in [0.1, 0.15) is 5.75 Å². The lowest BCUT2D eigenvalue weighted by Crippen LogP contribution is -2.33. The Morgan fingerprint density at radius 2 is 2.00 bits per heavy atom. The van der Waals surface area contributed by atoms with Crippen molar-refractivity contribution in [3.63, 3.8) is 0 Å². The molecule has 0 bridgehead atoms. The third kappa shape index (κ3) is 4.73. The minimum absolute atomic E-state index is 0.0508. The van der Waals surface area contributed by atoms with Crippen LogP contribution in [-0.4, -0.2) is 28.6 Å². The van der Waals surface area contributed by atoms with Crippen molar-refractivity contribution in [2.75, 3.05) is 13.2 Å². The van der Waals surface area contributed by atoms with E-state index < -0.39 is 0 Å². The monoisotopic (exact) mass is 301 g/mol. The van der Waals surface area contributed by atoms with Crippen LogP contribution in [0.4, 0.5) is 0 Å². The zero-order valence-electron chi connectivity index (χ0n) is 12.7. The van der Waals surface area contributed by atoms with Gasteiger partial charge < -0.3 is 10.1 Å². The highest BCUT2D eigenvalue weighted by Crippen LogP contribution is 2.15. The summed E-state index contributed by atoms with van der Waals surface area (Å²) in [5.74, 6) is 0.451. The zero-order valence-corrected chi connectivity index (χ0v) is 12.7. The molecule has 1 amide bonds. The smallest absolute Gasteiger partial charge is 0.258 e. The van der Waals surface area contributed by atoms with Crippen molar-refractivity contribution < 1.29 is 9.53 Å². The molecule has 1 heterocycles. The van der Waals surface area contributed by atoms with Gasteiger partial charge in [0, 0.05) is 25.4 Å². The minimum Gasteiger partial charge on any atom is -0.484 e. The number of aromatic nitrogens is 2. The molecule has 0 aliphatic heterocycles. The van der Waals surface area contributed by atoms with Gasteiger partial charge in [0.2, 0.25) is 0 Å². The Balaban J connectivity index is 1.76. The maximum Gasteiger partial charge on any atom is 0.258 e. The lowest BCUT2D eigenvalue weighted by molar-refractivity contribution is -0.123. The van der Waals surface area contributed by atoms with E-state index in [4.69, 9.17) is 4.74 Å². The number of nitrogens with zero attached hydrogens (tertiary/aromatic N) is 2. The number of aryl methyl sites for hydroxylation is 2. The molecular weight excluding hydrogens is 282 g/mol. The van der Waals surface area contributed by atoms with E-state index in [1.807, 2.05) is 32.0 Å². The SMILES string of the molecule is Cc1cc(C)cc(OCC(=O)NCCn2cnccc2=O)c1. The van der Waals surface area contributed by atoms with Crippen molar-refractivity contribution in [2.24, 2.45) is 0 Å². The van der Waals surface area contributed by atoms with E-state index >= 15 is 0 Å². The van der Waals surface area contributed by atoms with Crippen LogP contribution >= 0.6 is 0 Å². The maximum absolute atomic E-state index is 11.7. The van der Waals surface area contributed by atoms with Crippen LogP contribution in [0.15, 0.2) is 41.6 Å². The molecule has 0 spiro atoms. The number of rotatable bonds is 6. The number of carbonyl (C=O) groups excluding carboxylic acids is 1. The molecule has 1 aromatic heterocycles. The molecule has 1 aromatic carbocycles. The number of benzene rings is 1. The molecule has 22 heavy (non-hydrogen) atoms. The highest BCUT2D eigenvalue weighted by Gasteiger charge is 2.04. The predicted octanol–water partition coefficient (Wildman–Crippen LogP) is 1.06. The van der Waals surface area contributed by atoms with Crippen molar-refractivity contribution in [1.82, 2.24) is 14.9 Å². The summed E-state index contributed by atoms with van der Waals surface area (Å²) in [6.45, 7) is 4.63. The van der Waals surface area contributed by atoms with E-state index in [0.29, 0.717) is 18.8 Å². The van der Waals surface area contributed by atoms with Crippen LogP contribution in [0.3, 0.4) is 0 Å². The summed E-state index contributed by atoms with van der Waals surface area (Å²) in [7, 11) is 0. The van der Waals surface area contributed by atoms with Crippen LogP contribution in [0.25, 0.3) is 0 Å². The highest BCUT2D eigenvalue weighted by atomic mass is 16.5. The fraction of sp³-hybridized carbons (Fsp3) is 0.312. The summed E-state index contributed by atoms with van der Waals surface area (Å²) in [6, 6.07) is 7.19. The maximum atomic E-state index is 11.7. The van der Waals surface area contributed by atoms with Gasteiger partial charge in [-0.15, -0.1) is 0 Å². The number of carbonyl (C=O) groups is 1. The van der Waals surface area contributed by atoms with Gasteiger partial charge in [-0.3, -0.25) is 14.2 Å². The van der Waals surface area contributed by atoms with Gasteiger partial charge in [0.15, 0.2) is 6.61 Å². The van der Waals surface area contributed by atoms with Crippen LogP contribution in [0.2, 0.25) is 0 Å². The van der Waals surface area contributed by atoms with Crippen LogP contribution in [-0.2, 0) is 11.3 Å². The summed E-state index contributed by atoms with van der Waals surface area (Å²) in [6.07, 6.45) is 2.88. The summed E-state index contributed by atoms with van der Waals surface area (Å²) in [5.41, 5.74) is 2.04. The molecule has 0 saturated carbocycles. The van der Waals surface area contributed by atoms with Crippen molar-refractivity contribution in [3.8, 4) is 5.75 Å². The standard InChI is InChI=1S/C16H19N3O3/c1-12-7-13(2)9-14(8-12)22-10-15(20)18-5-6-19-11-17-4-3-16(19)21/h3-4,7-9,11H,5-6,10H2,1-2H3,(H,18,20). The van der Waals surface area contributed by atoms with E-state index in [9.17, 15) is 9.59 Å². The molecule has 0 radical (unpaired) electrons. The second-order valence-electron chi connectivity index (χ2n) is 5.07. The molecule has 2 rings (SSSR count). The van der Waals surface area contributed by atoms with Gasteiger partial charge in [-0.1, -0.05) is 6.07 Å². The van der Waals surface area contributed by atoms with E-state index in [2.05, 4.69) is 10.3 Å². The predicted molar refractivity (Wildman–Crippen MR) is 82.9 cm³/mol. The number of hydrogen-bond donors (Lipinski definition) is 1. The van der Waals surface area contributed by atoms with Gasteiger partial charge in [0.05, 0.1) is 6.33 Å². The van der Waals surface area contributed by atoms with E-state index in [1.165, 1.54) is 23.2 Å². The fourth-order valence-electron chi connectivity index (χ4n) is 2.08. The number of ether oxygens (including phenoxy) is 1. The van der Waals surface area contributed by atoms with Crippen LogP contribution in [0.5, 0.6) is 5.75 Å². The Morgan fingerprint density at radius 1 is 1.27 bits per heavy atom. The Hall–Kier alpha value is -2.63. The van der Waals surface area contributed by atoms with Crippen molar-refractivity contribution in [2.45, 2.75) is 20.4 Å². The van der Waals surface area contributed by atoms with Gasteiger partial charge in [-0.25, -0.2) is 4.98 Å². The number of amides is 1. The third-order valence-corrected chi connectivity index (χ3v) is 3.03. The van der Waals surface area contributed by atoms with Gasteiger partial charge in [-0.2, -0.15) is 0 Å². The first-order valence-corrected chi connectivity index (χ1v) is 7.03. The topological polar surface area (TPSA) is 73.2 Å². The summed E-state index contributed by atoms with van der Waals surface area (Å²) in [4.78, 5) is 27.0. The molecule has 2 aromatic rings. The average Bonchev–Trinajstić information content (AvgIpc) is 2.46. The molecule has 0 saturated heterocycles. The van der Waals surface area contributed by atoms with Gasteiger partial charge in [-0.05, 0) is 37.1 Å². The molecule has 0 aliphatic rings. The average molecular weight is 301 g/mol. The lowest BCUT2D eigenvalue weighted by Gasteiger charge is -2.09. The van der Waals surface area contributed by atoms with E-state index in [0.717, 1.165) is 11.1 Å². The Labute approximate surface area is 128 Å². The molecule has 6 heteroatoms. The Kier molecular flexibility index (Phi) is 5.30. The first-order chi connectivity index (χ1) is 10.5. The normalized spacial score (nSPS) is 10.3. The van der Waals surface area contributed by atoms with Crippen LogP contribution in [0, 0.1) is 13.8 Å². The van der Waals surface area contributed by atoms with Gasteiger partial charge >= 0.3 is 0 Å². The molecule has 116 valence electrons. The largest absolute Gasteiger partial charge is 0.484 e. The zero-order chi connectivity index (χ0) is 15.9. The third-order valence-electron chi connectivity index (χ3n) is 3.03. The second-order valence-corrected chi connectivity index (χ2v) is 5.07. The first-order valence-electron chi connectivity index (χ1n) is 7.03. The van der Waals surface area contributed by atoms with Gasteiger partial charge in [0.25, 0.3) is 11.5 Å². The molecule has 0 aliphatic carbocycles. The molecule has 0 fully saturated rings. The molecule has 6 nitrogen and oxygen atoms in total. The Bertz CT molecular complexity index is 690. The summed E-state index contributed by atoms with van der Waals surface area (Å²) < 4.78 is 6.90. The first kappa shape index (κ1) is 15.8. The van der Waals surface area contributed by atoms with Crippen molar-refractivity contribution in [1.29, 1.82) is 0 Å². The Morgan fingerprint density at radius 3 is 2.68 bits per heavy atom. The van der Waals surface area contributed by atoms with Crippen molar-refractivity contribution in [3.05, 3.63) is 58.3 Å². The van der Waals surface area contributed by atoms with Crippen LogP contribution < -0.4 is 15.6 Å². The molecule has 0 unspecified atom stereocenters. The van der Waals surface area contributed by atoms with E-state index in [1.54, 1.807) is 0 Å². The quantitative estimate of drug-likeness (QED) is 0.865. The number of hydrogen-bond acceptors (Lipinski definition) is 4. The van der Waals surface area contributed by atoms with Crippen molar-refractivity contribution >= 4 is 5.91 Å². The molecule has 1 N–H and O–H groups in total.